The second kappa shape index (κ2) is 4.96. The third kappa shape index (κ3) is 2.18. The summed E-state index contributed by atoms with van der Waals surface area (Å²) in [5.41, 5.74) is 3.41. The molecule has 0 saturated carbocycles. The molecule has 1 rings (SSSR count). The molecule has 1 aromatic rings. The van der Waals surface area contributed by atoms with E-state index < -0.39 is 0 Å². The number of phenolic OH excluding ortho intramolecular Hbond substituents is 2. The lowest BCUT2D eigenvalue weighted by atomic mass is 9.66. The fourth-order valence-corrected chi connectivity index (χ4v) is 2.92. The second-order valence-electron chi connectivity index (χ2n) is 7.03. The molecule has 0 amide bonds. The Balaban J connectivity index is 3.71. The molecule has 0 fully saturated rings. The Hall–Kier alpha value is -1.22. The lowest BCUT2D eigenvalue weighted by Crippen LogP contribution is -2.53. The van der Waals surface area contributed by atoms with Gasteiger partial charge >= 0.3 is 0 Å². The van der Waals surface area contributed by atoms with Gasteiger partial charge in [0.25, 0.3) is 0 Å². The Kier molecular flexibility index (Phi) is 4.17. The molecular formula is C17H29NO2. The van der Waals surface area contributed by atoms with Crippen molar-refractivity contribution >= 4 is 0 Å². The molecule has 0 heterocycles. The van der Waals surface area contributed by atoms with Crippen LogP contribution in [0.4, 0.5) is 0 Å². The number of rotatable bonds is 3. The van der Waals surface area contributed by atoms with Crippen LogP contribution in [0.1, 0.15) is 49.9 Å². The predicted molar refractivity (Wildman–Crippen MR) is 84.8 cm³/mol. The van der Waals surface area contributed by atoms with Crippen LogP contribution in [0.5, 0.6) is 11.5 Å². The summed E-state index contributed by atoms with van der Waals surface area (Å²) in [4.78, 5) is 2.20. The molecule has 0 spiro atoms. The SMILES string of the molecule is Cc1c(C)c(C(C)(C)C(C)(C)N(C)C)c(C)c(O)c1O. The maximum Gasteiger partial charge on any atom is 0.160 e. The Morgan fingerprint density at radius 1 is 0.750 bits per heavy atom. The van der Waals surface area contributed by atoms with Gasteiger partial charge in [0.2, 0.25) is 0 Å². The first kappa shape index (κ1) is 16.8. The van der Waals surface area contributed by atoms with Gasteiger partial charge in [0, 0.05) is 11.0 Å². The van der Waals surface area contributed by atoms with E-state index in [1.54, 1.807) is 0 Å². The van der Waals surface area contributed by atoms with Crippen molar-refractivity contribution in [1.82, 2.24) is 4.90 Å². The molecule has 0 aliphatic carbocycles. The predicted octanol–water partition coefficient (Wildman–Crippen LogP) is 3.64. The first-order valence-corrected chi connectivity index (χ1v) is 7.07. The lowest BCUT2D eigenvalue weighted by Gasteiger charge is -2.48. The lowest BCUT2D eigenvalue weighted by molar-refractivity contribution is 0.105. The Morgan fingerprint density at radius 2 is 1.15 bits per heavy atom. The molecule has 20 heavy (non-hydrogen) atoms. The molecular weight excluding hydrogens is 250 g/mol. The Labute approximate surface area is 123 Å². The van der Waals surface area contributed by atoms with E-state index in [-0.39, 0.29) is 22.5 Å². The zero-order valence-corrected chi connectivity index (χ0v) is 14.3. The average Bonchev–Trinajstić information content (AvgIpc) is 2.33. The summed E-state index contributed by atoms with van der Waals surface area (Å²) < 4.78 is 0. The minimum Gasteiger partial charge on any atom is -0.504 e. The standard InChI is InChI=1S/C17H29NO2/c1-10-11(2)14(19)15(20)12(3)13(10)16(4,5)17(6,7)18(8)9/h19-20H,1-9H3. The van der Waals surface area contributed by atoms with Crippen molar-refractivity contribution < 1.29 is 10.2 Å². The molecule has 0 aliphatic rings. The van der Waals surface area contributed by atoms with Gasteiger partial charge in [-0.3, -0.25) is 0 Å². The highest BCUT2D eigenvalue weighted by Gasteiger charge is 2.42. The monoisotopic (exact) mass is 279 g/mol. The van der Waals surface area contributed by atoms with Gasteiger partial charge in [0.15, 0.2) is 11.5 Å². The number of likely N-dealkylation sites (N-methyl/N-ethyl adjacent to an activating group) is 1. The van der Waals surface area contributed by atoms with Crippen molar-refractivity contribution in [1.29, 1.82) is 0 Å². The molecule has 3 nitrogen and oxygen atoms in total. The van der Waals surface area contributed by atoms with E-state index in [9.17, 15) is 10.2 Å². The van der Waals surface area contributed by atoms with Gasteiger partial charge in [-0.25, -0.2) is 0 Å². The van der Waals surface area contributed by atoms with Gasteiger partial charge in [0.05, 0.1) is 0 Å². The highest BCUT2D eigenvalue weighted by Crippen LogP contribution is 2.46. The highest BCUT2D eigenvalue weighted by atomic mass is 16.3. The van der Waals surface area contributed by atoms with Gasteiger partial charge in [-0.15, -0.1) is 0 Å². The smallest absolute Gasteiger partial charge is 0.160 e. The summed E-state index contributed by atoms with van der Waals surface area (Å²) in [7, 11) is 4.14. The zero-order chi connectivity index (χ0) is 16.0. The van der Waals surface area contributed by atoms with Crippen molar-refractivity contribution in [3.05, 3.63) is 22.3 Å². The van der Waals surface area contributed by atoms with Crippen LogP contribution in [0, 0.1) is 20.8 Å². The molecule has 114 valence electrons. The average molecular weight is 279 g/mol. The van der Waals surface area contributed by atoms with Gasteiger partial charge in [-0.2, -0.15) is 0 Å². The minimum absolute atomic E-state index is 0.00205. The molecule has 0 unspecified atom stereocenters. The highest BCUT2D eigenvalue weighted by molar-refractivity contribution is 5.59. The second-order valence-corrected chi connectivity index (χ2v) is 7.03. The van der Waals surface area contributed by atoms with Crippen LogP contribution in [0.3, 0.4) is 0 Å². The molecule has 0 aromatic heterocycles. The molecule has 0 atom stereocenters. The first-order chi connectivity index (χ1) is 8.87. The molecule has 0 saturated heterocycles. The molecule has 2 N–H and O–H groups in total. The van der Waals surface area contributed by atoms with E-state index in [0.717, 1.165) is 22.3 Å². The van der Waals surface area contributed by atoms with E-state index in [0.29, 0.717) is 0 Å². The fraction of sp³-hybridized carbons (Fsp3) is 0.647. The maximum atomic E-state index is 10.2. The molecule has 0 radical (unpaired) electrons. The summed E-state index contributed by atoms with van der Waals surface area (Å²) in [6, 6.07) is 0. The van der Waals surface area contributed by atoms with Crippen LogP contribution in [0.15, 0.2) is 0 Å². The third-order valence-electron chi connectivity index (χ3n) is 5.52. The minimum atomic E-state index is -0.180. The summed E-state index contributed by atoms with van der Waals surface area (Å²) >= 11 is 0. The number of hydrogen-bond acceptors (Lipinski definition) is 3. The number of aromatic hydroxyl groups is 2. The summed E-state index contributed by atoms with van der Waals surface area (Å²) in [5.74, 6) is 0.00735. The van der Waals surface area contributed by atoms with Crippen molar-refractivity contribution in [2.24, 2.45) is 0 Å². The summed E-state index contributed by atoms with van der Waals surface area (Å²) in [6.07, 6.45) is 0. The van der Waals surface area contributed by atoms with Gasteiger partial charge in [-0.1, -0.05) is 13.8 Å². The molecule has 0 bridgehead atoms. The molecule has 3 heteroatoms. The van der Waals surface area contributed by atoms with E-state index in [2.05, 4.69) is 46.7 Å². The van der Waals surface area contributed by atoms with Gasteiger partial charge < -0.3 is 15.1 Å². The van der Waals surface area contributed by atoms with Crippen molar-refractivity contribution in [2.45, 2.75) is 59.4 Å². The fourth-order valence-electron chi connectivity index (χ4n) is 2.92. The topological polar surface area (TPSA) is 43.7 Å². The molecule has 1 aromatic carbocycles. The van der Waals surface area contributed by atoms with Crippen LogP contribution in [0.25, 0.3) is 0 Å². The summed E-state index contributed by atoms with van der Waals surface area (Å²) in [6.45, 7) is 14.5. The largest absolute Gasteiger partial charge is 0.504 e. The molecule has 0 aliphatic heterocycles. The van der Waals surface area contributed by atoms with E-state index in [1.807, 2.05) is 20.8 Å². The zero-order valence-electron chi connectivity index (χ0n) is 14.3. The third-order valence-corrected chi connectivity index (χ3v) is 5.52. The normalized spacial score (nSPS) is 13.1. The van der Waals surface area contributed by atoms with Crippen LogP contribution >= 0.6 is 0 Å². The van der Waals surface area contributed by atoms with Gasteiger partial charge in [0.1, 0.15) is 0 Å². The van der Waals surface area contributed by atoms with Crippen LogP contribution in [-0.2, 0) is 5.41 Å². The number of phenols is 2. The quantitative estimate of drug-likeness (QED) is 0.830. The van der Waals surface area contributed by atoms with Crippen LogP contribution in [0.2, 0.25) is 0 Å². The Morgan fingerprint density at radius 3 is 1.55 bits per heavy atom. The van der Waals surface area contributed by atoms with Crippen LogP contribution in [-0.4, -0.2) is 34.7 Å². The first-order valence-electron chi connectivity index (χ1n) is 7.07. The van der Waals surface area contributed by atoms with E-state index in [4.69, 9.17) is 0 Å². The summed E-state index contributed by atoms with van der Waals surface area (Å²) in [5, 5.41) is 20.2. The van der Waals surface area contributed by atoms with Crippen LogP contribution < -0.4 is 0 Å². The van der Waals surface area contributed by atoms with E-state index in [1.165, 1.54) is 0 Å². The van der Waals surface area contributed by atoms with E-state index >= 15 is 0 Å². The van der Waals surface area contributed by atoms with Gasteiger partial charge in [-0.05, 0) is 71.0 Å². The number of benzene rings is 1. The maximum absolute atomic E-state index is 10.2. The van der Waals surface area contributed by atoms with Crippen molar-refractivity contribution in [3.63, 3.8) is 0 Å². The van der Waals surface area contributed by atoms with Crippen molar-refractivity contribution in [2.75, 3.05) is 14.1 Å². The number of nitrogens with zero attached hydrogens (tertiary/aromatic N) is 1. The number of hydrogen-bond donors (Lipinski definition) is 2. The van der Waals surface area contributed by atoms with Crippen molar-refractivity contribution in [3.8, 4) is 11.5 Å². The Bertz CT molecular complexity index is 499.